The lowest BCUT2D eigenvalue weighted by molar-refractivity contribution is -0.131. The molecule has 0 spiro atoms. The van der Waals surface area contributed by atoms with Gasteiger partial charge in [0.25, 0.3) is 0 Å². The smallest absolute Gasteiger partial charge is 0.328 e. The van der Waals surface area contributed by atoms with Crippen molar-refractivity contribution in [1.82, 2.24) is 0 Å². The quantitative estimate of drug-likeness (QED) is 0.453. The van der Waals surface area contributed by atoms with Gasteiger partial charge in [-0.2, -0.15) is 5.26 Å². The molecule has 0 unspecified atom stereocenters. The Morgan fingerprint density at radius 3 is 2.38 bits per heavy atom. The van der Waals surface area contributed by atoms with Crippen LogP contribution in [0.5, 0.6) is 5.75 Å². The Bertz CT molecular complexity index is 391. The molecule has 0 saturated carbocycles. The predicted octanol–water partition coefficient (Wildman–Crippen LogP) is 1.22. The summed E-state index contributed by atoms with van der Waals surface area (Å²) in [6.45, 7) is 0. The molecule has 16 heavy (non-hydrogen) atoms. The molecule has 0 aliphatic rings. The van der Waals surface area contributed by atoms with Gasteiger partial charge in [-0.25, -0.2) is 4.79 Å². The van der Waals surface area contributed by atoms with Crippen molar-refractivity contribution in [3.8, 4) is 11.9 Å². The number of carboxylic acid groups (broad SMARTS) is 1. The molecule has 0 radical (unpaired) electrons. The van der Waals surface area contributed by atoms with Crippen molar-refractivity contribution in [3.63, 3.8) is 0 Å². The van der Waals surface area contributed by atoms with E-state index in [4.69, 9.17) is 15.1 Å². The Labute approximate surface area is 93.4 Å². The zero-order valence-corrected chi connectivity index (χ0v) is 8.75. The average Bonchev–Trinajstić information content (AvgIpc) is 2.28. The zero-order valence-electron chi connectivity index (χ0n) is 8.75. The first-order chi connectivity index (χ1) is 7.63. The fourth-order valence-corrected chi connectivity index (χ4v) is 0.883. The van der Waals surface area contributed by atoms with Crippen LogP contribution >= 0.6 is 0 Å². The first-order valence-electron chi connectivity index (χ1n) is 4.28. The predicted molar refractivity (Wildman–Crippen MR) is 59.5 cm³/mol. The van der Waals surface area contributed by atoms with Gasteiger partial charge in [0.15, 0.2) is 6.19 Å². The summed E-state index contributed by atoms with van der Waals surface area (Å²) in [5.41, 5.74) is 4.99. The molecule has 0 aliphatic carbocycles. The van der Waals surface area contributed by atoms with Gasteiger partial charge in [0.05, 0.1) is 7.11 Å². The number of nitrogens with two attached hydrogens (primary N) is 1. The molecule has 0 aromatic heterocycles. The molecule has 0 aliphatic heterocycles. The van der Waals surface area contributed by atoms with Crippen molar-refractivity contribution in [2.24, 2.45) is 5.73 Å². The van der Waals surface area contributed by atoms with E-state index >= 15 is 0 Å². The highest BCUT2D eigenvalue weighted by Gasteiger charge is 1.91. The first kappa shape index (κ1) is 13.5. The van der Waals surface area contributed by atoms with E-state index in [1.807, 2.05) is 0 Å². The minimum Gasteiger partial charge on any atom is -0.497 e. The second-order valence-corrected chi connectivity index (χ2v) is 2.57. The van der Waals surface area contributed by atoms with Crippen LogP contribution in [0.25, 0.3) is 6.08 Å². The van der Waals surface area contributed by atoms with Gasteiger partial charge < -0.3 is 15.6 Å². The SMILES string of the molecule is COc1ccc(C=CC(=O)O)cc1.N#CN. The minimum absolute atomic E-state index is 0.757. The second-order valence-electron chi connectivity index (χ2n) is 2.57. The molecule has 0 saturated heterocycles. The van der Waals surface area contributed by atoms with Gasteiger partial charge >= 0.3 is 5.97 Å². The van der Waals surface area contributed by atoms with Crippen molar-refractivity contribution < 1.29 is 14.6 Å². The third kappa shape index (κ3) is 6.05. The van der Waals surface area contributed by atoms with Gasteiger partial charge in [-0.15, -0.1) is 0 Å². The largest absolute Gasteiger partial charge is 0.497 e. The summed E-state index contributed by atoms with van der Waals surface area (Å²) in [4.78, 5) is 10.2. The number of nitriles is 1. The lowest BCUT2D eigenvalue weighted by Gasteiger charge is -1.98. The van der Waals surface area contributed by atoms with E-state index in [-0.39, 0.29) is 0 Å². The van der Waals surface area contributed by atoms with Gasteiger partial charge in [-0.05, 0) is 23.8 Å². The summed E-state index contributed by atoms with van der Waals surface area (Å²) in [5.74, 6) is -0.191. The molecule has 0 amide bonds. The van der Waals surface area contributed by atoms with Crippen molar-refractivity contribution in [3.05, 3.63) is 35.9 Å². The van der Waals surface area contributed by atoms with Crippen LogP contribution in [-0.4, -0.2) is 18.2 Å². The number of aliphatic carboxylic acids is 1. The van der Waals surface area contributed by atoms with Crippen LogP contribution in [0.2, 0.25) is 0 Å². The standard InChI is InChI=1S/C10H10O3.CH2N2/c1-13-9-5-2-8(3-6-9)4-7-10(11)12;2-1-3/h2-7H,1H3,(H,11,12);2H2. The number of methoxy groups -OCH3 is 1. The molecular weight excluding hydrogens is 208 g/mol. The van der Waals surface area contributed by atoms with Crippen LogP contribution in [-0.2, 0) is 4.79 Å². The van der Waals surface area contributed by atoms with E-state index < -0.39 is 5.97 Å². The monoisotopic (exact) mass is 220 g/mol. The topological polar surface area (TPSA) is 96.3 Å². The van der Waals surface area contributed by atoms with E-state index in [1.54, 1.807) is 31.4 Å². The van der Waals surface area contributed by atoms with Crippen molar-refractivity contribution in [2.45, 2.75) is 0 Å². The number of nitrogens with zero attached hydrogens (tertiary/aromatic N) is 1. The summed E-state index contributed by atoms with van der Waals surface area (Å²) >= 11 is 0. The van der Waals surface area contributed by atoms with Crippen LogP contribution in [0.15, 0.2) is 30.3 Å². The van der Waals surface area contributed by atoms with E-state index in [0.717, 1.165) is 17.4 Å². The third-order valence-corrected chi connectivity index (χ3v) is 1.53. The number of ether oxygens (including phenoxy) is 1. The van der Waals surface area contributed by atoms with E-state index in [9.17, 15) is 4.79 Å². The highest BCUT2D eigenvalue weighted by atomic mass is 16.5. The highest BCUT2D eigenvalue weighted by Crippen LogP contribution is 2.11. The van der Waals surface area contributed by atoms with E-state index in [2.05, 4.69) is 5.73 Å². The number of carboxylic acids is 1. The van der Waals surface area contributed by atoms with Gasteiger partial charge in [-0.3, -0.25) is 0 Å². The minimum atomic E-state index is -0.948. The Balaban J connectivity index is 0.000000673. The maximum Gasteiger partial charge on any atom is 0.328 e. The summed E-state index contributed by atoms with van der Waals surface area (Å²) in [6, 6.07) is 7.14. The molecule has 1 rings (SSSR count). The molecule has 0 atom stereocenters. The summed E-state index contributed by atoms with van der Waals surface area (Å²) in [7, 11) is 1.59. The molecule has 5 heteroatoms. The Morgan fingerprint density at radius 1 is 1.50 bits per heavy atom. The second kappa shape index (κ2) is 7.88. The Hall–Kier alpha value is -2.48. The zero-order chi connectivity index (χ0) is 12.4. The molecule has 1 aromatic carbocycles. The molecule has 3 N–H and O–H groups in total. The number of rotatable bonds is 3. The summed E-state index contributed by atoms with van der Waals surface area (Å²) in [6.07, 6.45) is 3.88. The first-order valence-corrected chi connectivity index (χ1v) is 4.28. The van der Waals surface area contributed by atoms with Crippen LogP contribution in [0.1, 0.15) is 5.56 Å². The normalized spacial score (nSPS) is 8.75. The fourth-order valence-electron chi connectivity index (χ4n) is 0.883. The van der Waals surface area contributed by atoms with Crippen LogP contribution in [0, 0.1) is 11.5 Å². The van der Waals surface area contributed by atoms with Gasteiger partial charge in [0.1, 0.15) is 5.75 Å². The number of benzene rings is 1. The molecular formula is C11H12N2O3. The van der Waals surface area contributed by atoms with E-state index in [1.165, 1.54) is 12.3 Å². The van der Waals surface area contributed by atoms with Crippen LogP contribution in [0.3, 0.4) is 0 Å². The van der Waals surface area contributed by atoms with Gasteiger partial charge in [0, 0.05) is 6.08 Å². The van der Waals surface area contributed by atoms with Gasteiger partial charge in [-0.1, -0.05) is 12.1 Å². The number of hydrogen-bond donors (Lipinski definition) is 2. The fraction of sp³-hybridized carbons (Fsp3) is 0.0909. The molecule has 5 nitrogen and oxygen atoms in total. The van der Waals surface area contributed by atoms with Crippen molar-refractivity contribution in [1.29, 1.82) is 5.26 Å². The molecule has 84 valence electrons. The summed E-state index contributed by atoms with van der Waals surface area (Å²) < 4.78 is 4.95. The highest BCUT2D eigenvalue weighted by molar-refractivity contribution is 5.85. The maximum absolute atomic E-state index is 10.2. The van der Waals surface area contributed by atoms with E-state index in [0.29, 0.717) is 0 Å². The molecule has 0 bridgehead atoms. The third-order valence-electron chi connectivity index (χ3n) is 1.53. The summed E-state index contributed by atoms with van der Waals surface area (Å²) in [5, 5.41) is 15.5. The molecule has 0 heterocycles. The molecule has 1 aromatic rings. The lowest BCUT2D eigenvalue weighted by Crippen LogP contribution is -1.86. The Kier molecular flexibility index (Phi) is 6.66. The number of carbonyl (C=O) groups is 1. The average molecular weight is 220 g/mol. The Morgan fingerprint density at radius 2 is 2.00 bits per heavy atom. The van der Waals surface area contributed by atoms with Crippen LogP contribution < -0.4 is 10.5 Å². The number of hydrogen-bond acceptors (Lipinski definition) is 4. The maximum atomic E-state index is 10.2. The van der Waals surface area contributed by atoms with Crippen molar-refractivity contribution in [2.75, 3.05) is 7.11 Å². The van der Waals surface area contributed by atoms with Gasteiger partial charge in [0.2, 0.25) is 0 Å². The van der Waals surface area contributed by atoms with Crippen molar-refractivity contribution >= 4 is 12.0 Å². The lowest BCUT2D eigenvalue weighted by atomic mass is 10.2. The van der Waals surface area contributed by atoms with Crippen LogP contribution in [0.4, 0.5) is 0 Å². The molecule has 0 fully saturated rings.